The third-order valence-electron chi connectivity index (χ3n) is 9.82. The quantitative estimate of drug-likeness (QED) is 0.206. The first-order valence-electron chi connectivity index (χ1n) is 16.1. The number of aliphatic hydroxyl groups is 1. The molecular weight excluding hydrogens is 566 g/mol. The number of hydrogen-bond acceptors (Lipinski definition) is 9. The number of rotatable bonds is 5. The third-order valence-corrected chi connectivity index (χ3v) is 9.82. The Labute approximate surface area is 258 Å². The SMILES string of the molecule is Cc1ccc2c(c1)[C@@]1(C(=O)N2C(=O)OC(C)(C)C)[C@@H](O)CC[C@H](C=O)C1(C(=O)OC1CCCCC1)C(=O)OC1CCCCC1. The van der Waals surface area contributed by atoms with Gasteiger partial charge < -0.3 is 24.1 Å². The molecule has 3 saturated carbocycles. The highest BCUT2D eigenvalue weighted by atomic mass is 16.6. The maximum atomic E-state index is 15.0. The average molecular weight is 612 g/mol. The van der Waals surface area contributed by atoms with E-state index >= 15 is 0 Å². The van der Waals surface area contributed by atoms with E-state index in [9.17, 15) is 29.1 Å². The monoisotopic (exact) mass is 611 g/mol. The van der Waals surface area contributed by atoms with Gasteiger partial charge in [0, 0.05) is 5.92 Å². The van der Waals surface area contributed by atoms with Crippen molar-refractivity contribution in [3.8, 4) is 0 Å². The van der Waals surface area contributed by atoms with E-state index in [2.05, 4.69) is 0 Å². The molecule has 3 atom stereocenters. The number of amides is 2. The van der Waals surface area contributed by atoms with E-state index in [-0.39, 0.29) is 24.1 Å². The Morgan fingerprint density at radius 3 is 1.93 bits per heavy atom. The molecule has 1 spiro atoms. The van der Waals surface area contributed by atoms with Crippen LogP contribution in [0.5, 0.6) is 0 Å². The van der Waals surface area contributed by atoms with Crippen LogP contribution >= 0.6 is 0 Å². The summed E-state index contributed by atoms with van der Waals surface area (Å²) in [5, 5.41) is 12.0. The Morgan fingerprint density at radius 1 is 0.886 bits per heavy atom. The molecule has 0 radical (unpaired) electrons. The summed E-state index contributed by atoms with van der Waals surface area (Å²) in [7, 11) is 0. The summed E-state index contributed by atoms with van der Waals surface area (Å²) in [5.74, 6) is -4.48. The first-order chi connectivity index (χ1) is 20.9. The predicted molar refractivity (Wildman–Crippen MR) is 160 cm³/mol. The minimum atomic E-state index is -2.57. The second-order valence-corrected chi connectivity index (χ2v) is 13.9. The molecule has 240 valence electrons. The molecule has 0 saturated heterocycles. The number of aryl methyl sites for hydroxylation is 1. The number of anilines is 1. The van der Waals surface area contributed by atoms with Gasteiger partial charge in [-0.15, -0.1) is 0 Å². The molecule has 3 aliphatic carbocycles. The fourth-order valence-corrected chi connectivity index (χ4v) is 7.81. The van der Waals surface area contributed by atoms with Gasteiger partial charge in [-0.1, -0.05) is 30.5 Å². The van der Waals surface area contributed by atoms with Crippen LogP contribution in [0.15, 0.2) is 18.2 Å². The zero-order chi connectivity index (χ0) is 31.9. The predicted octanol–water partition coefficient (Wildman–Crippen LogP) is 5.22. The highest BCUT2D eigenvalue weighted by molar-refractivity contribution is 6.26. The molecule has 10 heteroatoms. The molecule has 10 nitrogen and oxygen atoms in total. The molecule has 4 aliphatic rings. The number of fused-ring (bicyclic) bond motifs is 2. The van der Waals surface area contributed by atoms with Gasteiger partial charge >= 0.3 is 18.0 Å². The molecule has 0 bridgehead atoms. The number of benzene rings is 1. The minimum absolute atomic E-state index is 0.0488. The van der Waals surface area contributed by atoms with Crippen molar-refractivity contribution in [3.05, 3.63) is 29.3 Å². The highest BCUT2D eigenvalue weighted by Crippen LogP contribution is 2.62. The number of aldehydes is 1. The second kappa shape index (κ2) is 12.3. The first kappa shape index (κ1) is 32.1. The van der Waals surface area contributed by atoms with Gasteiger partial charge in [0.05, 0.1) is 11.8 Å². The lowest BCUT2D eigenvalue weighted by Gasteiger charge is -2.52. The Bertz CT molecular complexity index is 1270. The molecule has 0 aromatic heterocycles. The summed E-state index contributed by atoms with van der Waals surface area (Å²) in [5.41, 5.74) is -5.07. The summed E-state index contributed by atoms with van der Waals surface area (Å²) in [6.07, 6.45) is 4.32. The normalized spacial score (nSPS) is 27.5. The summed E-state index contributed by atoms with van der Waals surface area (Å²) >= 11 is 0. The molecule has 5 rings (SSSR count). The Kier molecular flexibility index (Phi) is 8.95. The molecule has 1 heterocycles. The van der Waals surface area contributed by atoms with Crippen LogP contribution in [-0.2, 0) is 38.8 Å². The van der Waals surface area contributed by atoms with Crippen LogP contribution in [0.1, 0.15) is 109 Å². The molecule has 0 unspecified atom stereocenters. The lowest BCUT2D eigenvalue weighted by Crippen LogP contribution is -2.72. The number of ether oxygens (including phenoxy) is 3. The zero-order valence-corrected chi connectivity index (χ0v) is 26.3. The lowest BCUT2D eigenvalue weighted by atomic mass is 9.48. The number of hydrogen-bond donors (Lipinski definition) is 1. The first-order valence-corrected chi connectivity index (χ1v) is 16.1. The number of carbonyl (C=O) groups excluding carboxylic acids is 5. The van der Waals surface area contributed by atoms with Gasteiger partial charge in [-0.2, -0.15) is 0 Å². The number of imide groups is 1. The average Bonchev–Trinajstić information content (AvgIpc) is 3.22. The van der Waals surface area contributed by atoms with Crippen LogP contribution in [0.3, 0.4) is 0 Å². The van der Waals surface area contributed by atoms with Gasteiger partial charge in [0.1, 0.15) is 29.5 Å². The van der Waals surface area contributed by atoms with Crippen LogP contribution in [0.2, 0.25) is 0 Å². The van der Waals surface area contributed by atoms with Gasteiger partial charge in [-0.25, -0.2) is 9.69 Å². The van der Waals surface area contributed by atoms with E-state index in [1.54, 1.807) is 45.9 Å². The van der Waals surface area contributed by atoms with Crippen molar-refractivity contribution < 1.29 is 43.3 Å². The van der Waals surface area contributed by atoms with Crippen molar-refractivity contribution in [1.82, 2.24) is 0 Å². The van der Waals surface area contributed by atoms with E-state index in [1.165, 1.54) is 0 Å². The number of carbonyl (C=O) groups is 5. The van der Waals surface area contributed by atoms with E-state index in [4.69, 9.17) is 14.2 Å². The maximum absolute atomic E-state index is 15.0. The summed E-state index contributed by atoms with van der Waals surface area (Å²) in [6.45, 7) is 6.73. The van der Waals surface area contributed by atoms with Crippen molar-refractivity contribution in [3.63, 3.8) is 0 Å². The smallest absolute Gasteiger partial charge is 0.421 e. The highest BCUT2D eigenvalue weighted by Gasteiger charge is 2.79. The standard InChI is InChI=1S/C34H45NO9/c1-21-15-17-26-25(19-21)34(28(38)35(26)31(41)44-32(2,3)4)27(37)18-16-22(20-36)33(34,29(39)42-23-11-7-5-8-12-23)30(40)43-24-13-9-6-10-14-24/h15,17,19-20,22-24,27,37H,5-14,16,18H2,1-4H3/t22-,27+,34+/m1/s1. The molecular formula is C34H45NO9. The summed E-state index contributed by atoms with van der Waals surface area (Å²) in [6, 6.07) is 4.84. The zero-order valence-electron chi connectivity index (χ0n) is 26.3. The molecule has 1 aliphatic heterocycles. The fraction of sp³-hybridized carbons (Fsp3) is 0.676. The van der Waals surface area contributed by atoms with E-state index in [0.29, 0.717) is 37.5 Å². The van der Waals surface area contributed by atoms with E-state index < -0.39 is 64.6 Å². The number of esters is 2. The molecule has 1 aromatic carbocycles. The number of aliphatic hydroxyl groups excluding tert-OH is 1. The Morgan fingerprint density at radius 2 is 1.43 bits per heavy atom. The molecule has 2 amide bonds. The Balaban J connectivity index is 1.76. The minimum Gasteiger partial charge on any atom is -0.461 e. The Hall–Kier alpha value is -3.27. The van der Waals surface area contributed by atoms with Crippen molar-refractivity contribution >= 4 is 35.9 Å². The van der Waals surface area contributed by atoms with Crippen molar-refractivity contribution in [2.45, 2.75) is 134 Å². The van der Waals surface area contributed by atoms with E-state index in [1.807, 2.05) is 0 Å². The van der Waals surface area contributed by atoms with E-state index in [0.717, 1.165) is 43.4 Å². The van der Waals surface area contributed by atoms with Gasteiger partial charge in [-0.3, -0.25) is 14.4 Å². The van der Waals surface area contributed by atoms with Crippen molar-refractivity contribution in [2.75, 3.05) is 4.90 Å². The van der Waals surface area contributed by atoms with Crippen LogP contribution in [0.25, 0.3) is 0 Å². The maximum Gasteiger partial charge on any atom is 0.421 e. The van der Waals surface area contributed by atoms with Crippen LogP contribution in [0, 0.1) is 18.3 Å². The topological polar surface area (TPSA) is 137 Å². The summed E-state index contributed by atoms with van der Waals surface area (Å²) in [4.78, 5) is 72.1. The largest absolute Gasteiger partial charge is 0.461 e. The number of nitrogens with zero attached hydrogens (tertiary/aromatic N) is 1. The van der Waals surface area contributed by atoms with Crippen molar-refractivity contribution in [1.29, 1.82) is 0 Å². The molecule has 44 heavy (non-hydrogen) atoms. The second-order valence-electron chi connectivity index (χ2n) is 13.9. The van der Waals surface area contributed by atoms with Crippen molar-refractivity contribution in [2.24, 2.45) is 11.3 Å². The fourth-order valence-electron chi connectivity index (χ4n) is 7.81. The lowest BCUT2D eigenvalue weighted by molar-refractivity contribution is -0.205. The molecule has 1 aromatic rings. The third kappa shape index (κ3) is 5.22. The van der Waals surface area contributed by atoms with Crippen LogP contribution in [0.4, 0.5) is 10.5 Å². The van der Waals surface area contributed by atoms with Gasteiger partial charge in [-0.05, 0) is 104 Å². The van der Waals surface area contributed by atoms with Crippen LogP contribution in [-0.4, -0.2) is 59.2 Å². The van der Waals surface area contributed by atoms with Gasteiger partial charge in [0.15, 0.2) is 5.41 Å². The van der Waals surface area contributed by atoms with Gasteiger partial charge in [0.25, 0.3) is 5.91 Å². The van der Waals surface area contributed by atoms with Gasteiger partial charge in [0.2, 0.25) is 0 Å². The summed E-state index contributed by atoms with van der Waals surface area (Å²) < 4.78 is 17.8. The van der Waals surface area contributed by atoms with Crippen LogP contribution < -0.4 is 4.90 Å². The molecule has 3 fully saturated rings. The molecule has 1 N–H and O–H groups in total.